The van der Waals surface area contributed by atoms with E-state index in [0.29, 0.717) is 0 Å². The molecule has 0 saturated heterocycles. The molecular weight excluding hydrogens is 184 g/mol. The summed E-state index contributed by atoms with van der Waals surface area (Å²) in [5.74, 6) is 1.77. The molecule has 3 N–H and O–H groups in total. The Morgan fingerprint density at radius 1 is 1.40 bits per heavy atom. The normalized spacial score (nSPS) is 20.6. The Morgan fingerprint density at radius 2 is 2.07 bits per heavy atom. The van der Waals surface area contributed by atoms with Crippen molar-refractivity contribution in [2.24, 2.45) is 17.6 Å². The van der Waals surface area contributed by atoms with Crippen LogP contribution in [0.2, 0.25) is 0 Å². The molecular formula is C13H28N2. The molecule has 1 atom stereocenters. The second kappa shape index (κ2) is 5.86. The van der Waals surface area contributed by atoms with Crippen molar-refractivity contribution in [3.05, 3.63) is 0 Å². The van der Waals surface area contributed by atoms with Gasteiger partial charge in [0.25, 0.3) is 0 Å². The summed E-state index contributed by atoms with van der Waals surface area (Å²) in [6.45, 7) is 8.66. The van der Waals surface area contributed by atoms with Crippen molar-refractivity contribution in [1.29, 1.82) is 0 Å². The summed E-state index contributed by atoms with van der Waals surface area (Å²) in [4.78, 5) is 0. The lowest BCUT2D eigenvalue weighted by Crippen LogP contribution is -2.49. The van der Waals surface area contributed by atoms with E-state index < -0.39 is 0 Å². The molecule has 0 aromatic heterocycles. The quantitative estimate of drug-likeness (QED) is 0.607. The van der Waals surface area contributed by atoms with Crippen LogP contribution >= 0.6 is 0 Å². The molecule has 0 heterocycles. The number of hydrogen-bond acceptors (Lipinski definition) is 2. The van der Waals surface area contributed by atoms with Gasteiger partial charge in [-0.25, -0.2) is 0 Å². The molecule has 90 valence electrons. The summed E-state index contributed by atoms with van der Waals surface area (Å²) in [6, 6.07) is 0. The second-order valence-electron chi connectivity index (χ2n) is 5.88. The fourth-order valence-electron chi connectivity index (χ4n) is 2.32. The van der Waals surface area contributed by atoms with E-state index in [-0.39, 0.29) is 5.54 Å². The highest BCUT2D eigenvalue weighted by molar-refractivity contribution is 4.85. The smallest absolute Gasteiger partial charge is 0.0278 e. The van der Waals surface area contributed by atoms with E-state index in [4.69, 9.17) is 5.73 Å². The van der Waals surface area contributed by atoms with E-state index in [1.54, 1.807) is 0 Å². The average Bonchev–Trinajstić information content (AvgIpc) is 2.95. The van der Waals surface area contributed by atoms with Crippen LogP contribution in [0.15, 0.2) is 0 Å². The van der Waals surface area contributed by atoms with Gasteiger partial charge in [0, 0.05) is 12.1 Å². The SMILES string of the molecule is CC(C)CC(C)(CN)NCCCC1CC1. The van der Waals surface area contributed by atoms with E-state index in [1.165, 1.54) is 32.1 Å². The third-order valence-electron chi connectivity index (χ3n) is 3.35. The topological polar surface area (TPSA) is 38.0 Å². The summed E-state index contributed by atoms with van der Waals surface area (Å²) in [6.07, 6.45) is 6.85. The minimum Gasteiger partial charge on any atom is -0.329 e. The lowest BCUT2D eigenvalue weighted by molar-refractivity contribution is 0.297. The first kappa shape index (κ1) is 13.0. The van der Waals surface area contributed by atoms with Gasteiger partial charge in [0.1, 0.15) is 0 Å². The zero-order chi connectivity index (χ0) is 11.3. The van der Waals surface area contributed by atoms with Crippen LogP contribution in [0.3, 0.4) is 0 Å². The monoisotopic (exact) mass is 212 g/mol. The molecule has 1 saturated carbocycles. The molecule has 2 nitrogen and oxygen atoms in total. The van der Waals surface area contributed by atoms with Gasteiger partial charge in [-0.2, -0.15) is 0 Å². The first-order valence-electron chi connectivity index (χ1n) is 6.51. The van der Waals surface area contributed by atoms with Crippen molar-refractivity contribution < 1.29 is 0 Å². The van der Waals surface area contributed by atoms with E-state index in [1.807, 2.05) is 0 Å². The van der Waals surface area contributed by atoms with Crippen molar-refractivity contribution >= 4 is 0 Å². The van der Waals surface area contributed by atoms with Crippen LogP contribution in [0.5, 0.6) is 0 Å². The van der Waals surface area contributed by atoms with Gasteiger partial charge in [-0.1, -0.05) is 26.7 Å². The Morgan fingerprint density at radius 3 is 2.53 bits per heavy atom. The van der Waals surface area contributed by atoms with Crippen molar-refractivity contribution in [3.8, 4) is 0 Å². The average molecular weight is 212 g/mol. The summed E-state index contributed by atoms with van der Waals surface area (Å²) in [7, 11) is 0. The van der Waals surface area contributed by atoms with E-state index in [0.717, 1.165) is 24.9 Å². The zero-order valence-corrected chi connectivity index (χ0v) is 10.7. The van der Waals surface area contributed by atoms with Gasteiger partial charge in [0.15, 0.2) is 0 Å². The maximum absolute atomic E-state index is 5.85. The molecule has 2 heteroatoms. The van der Waals surface area contributed by atoms with Gasteiger partial charge in [-0.3, -0.25) is 0 Å². The van der Waals surface area contributed by atoms with Crippen LogP contribution in [0.4, 0.5) is 0 Å². The number of nitrogens with one attached hydrogen (secondary N) is 1. The highest BCUT2D eigenvalue weighted by Gasteiger charge is 2.24. The minimum atomic E-state index is 0.151. The second-order valence-corrected chi connectivity index (χ2v) is 5.88. The third-order valence-corrected chi connectivity index (χ3v) is 3.35. The third kappa shape index (κ3) is 5.53. The largest absolute Gasteiger partial charge is 0.329 e. The maximum Gasteiger partial charge on any atom is 0.0278 e. The van der Waals surface area contributed by atoms with Crippen LogP contribution in [-0.4, -0.2) is 18.6 Å². The molecule has 0 aromatic carbocycles. The van der Waals surface area contributed by atoms with E-state index in [9.17, 15) is 0 Å². The molecule has 0 bridgehead atoms. The first-order valence-corrected chi connectivity index (χ1v) is 6.51. The van der Waals surface area contributed by atoms with Gasteiger partial charge in [-0.05, 0) is 44.6 Å². The van der Waals surface area contributed by atoms with Crippen molar-refractivity contribution in [2.45, 2.75) is 58.4 Å². The number of rotatable bonds is 8. The van der Waals surface area contributed by atoms with Crippen molar-refractivity contribution in [1.82, 2.24) is 5.32 Å². The van der Waals surface area contributed by atoms with Crippen LogP contribution in [0.1, 0.15) is 52.9 Å². The fourth-order valence-corrected chi connectivity index (χ4v) is 2.32. The fraction of sp³-hybridized carbons (Fsp3) is 1.00. The van der Waals surface area contributed by atoms with E-state index in [2.05, 4.69) is 26.1 Å². The summed E-state index contributed by atoms with van der Waals surface area (Å²) in [5.41, 5.74) is 6.00. The van der Waals surface area contributed by atoms with Crippen molar-refractivity contribution in [3.63, 3.8) is 0 Å². The Balaban J connectivity index is 2.12. The molecule has 0 amide bonds. The Bertz CT molecular complexity index is 175. The standard InChI is InChI=1S/C13H28N2/c1-11(2)9-13(3,10-14)15-8-4-5-12-6-7-12/h11-12,15H,4-10,14H2,1-3H3. The Labute approximate surface area is 95.0 Å². The molecule has 15 heavy (non-hydrogen) atoms. The molecule has 0 radical (unpaired) electrons. The van der Waals surface area contributed by atoms with Crippen molar-refractivity contribution in [2.75, 3.05) is 13.1 Å². The highest BCUT2D eigenvalue weighted by Crippen LogP contribution is 2.33. The predicted octanol–water partition coefficient (Wildman–Crippen LogP) is 2.53. The van der Waals surface area contributed by atoms with Crippen LogP contribution in [0.25, 0.3) is 0 Å². The van der Waals surface area contributed by atoms with E-state index >= 15 is 0 Å². The van der Waals surface area contributed by atoms with Gasteiger partial charge in [0.2, 0.25) is 0 Å². The van der Waals surface area contributed by atoms with Gasteiger partial charge in [0.05, 0.1) is 0 Å². The van der Waals surface area contributed by atoms with Crippen LogP contribution in [0, 0.1) is 11.8 Å². The Kier molecular flexibility index (Phi) is 5.07. The molecule has 1 unspecified atom stereocenters. The molecule has 0 aliphatic heterocycles. The number of nitrogens with two attached hydrogens (primary N) is 1. The molecule has 1 fully saturated rings. The Hall–Kier alpha value is -0.0800. The summed E-state index contributed by atoms with van der Waals surface area (Å²) < 4.78 is 0. The zero-order valence-electron chi connectivity index (χ0n) is 10.7. The molecule has 1 aliphatic carbocycles. The highest BCUT2D eigenvalue weighted by atomic mass is 15.0. The summed E-state index contributed by atoms with van der Waals surface area (Å²) >= 11 is 0. The van der Waals surface area contributed by atoms with Gasteiger partial charge >= 0.3 is 0 Å². The number of hydrogen-bond donors (Lipinski definition) is 2. The van der Waals surface area contributed by atoms with Gasteiger partial charge in [-0.15, -0.1) is 0 Å². The van der Waals surface area contributed by atoms with Gasteiger partial charge < -0.3 is 11.1 Å². The summed E-state index contributed by atoms with van der Waals surface area (Å²) in [5, 5.41) is 3.64. The molecule has 0 aromatic rings. The first-order chi connectivity index (χ1) is 7.06. The molecule has 1 rings (SSSR count). The predicted molar refractivity (Wildman–Crippen MR) is 66.9 cm³/mol. The minimum absolute atomic E-state index is 0.151. The molecule has 1 aliphatic rings. The molecule has 0 spiro atoms. The lowest BCUT2D eigenvalue weighted by Gasteiger charge is -2.31. The van der Waals surface area contributed by atoms with Crippen LogP contribution < -0.4 is 11.1 Å². The maximum atomic E-state index is 5.85. The lowest BCUT2D eigenvalue weighted by atomic mass is 9.90. The van der Waals surface area contributed by atoms with Crippen LogP contribution in [-0.2, 0) is 0 Å².